The SMILES string of the molecule is CC(CC(=O)OC1COC1)c1ccc(N)cc1. The molecule has 0 radical (unpaired) electrons. The molecule has 0 amide bonds. The van der Waals surface area contributed by atoms with Gasteiger partial charge in [-0.25, -0.2) is 0 Å². The van der Waals surface area contributed by atoms with Crippen LogP contribution in [0.15, 0.2) is 24.3 Å². The molecule has 1 aromatic carbocycles. The molecule has 92 valence electrons. The Bertz CT molecular complexity index is 384. The number of anilines is 1. The molecular weight excluding hydrogens is 218 g/mol. The predicted molar refractivity (Wildman–Crippen MR) is 64.6 cm³/mol. The largest absolute Gasteiger partial charge is 0.457 e. The fourth-order valence-corrected chi connectivity index (χ4v) is 1.71. The highest BCUT2D eigenvalue weighted by molar-refractivity contribution is 5.70. The number of esters is 1. The number of carbonyl (C=O) groups is 1. The van der Waals surface area contributed by atoms with Crippen LogP contribution in [0.2, 0.25) is 0 Å². The minimum Gasteiger partial charge on any atom is -0.457 e. The zero-order valence-corrected chi connectivity index (χ0v) is 9.89. The average Bonchev–Trinajstić information content (AvgIpc) is 2.24. The molecule has 4 heteroatoms. The number of hydrogen-bond donors (Lipinski definition) is 1. The summed E-state index contributed by atoms with van der Waals surface area (Å²) in [5, 5.41) is 0. The summed E-state index contributed by atoms with van der Waals surface area (Å²) in [6.07, 6.45) is 0.349. The fraction of sp³-hybridized carbons (Fsp3) is 0.462. The van der Waals surface area contributed by atoms with Gasteiger partial charge in [-0.2, -0.15) is 0 Å². The molecule has 1 aliphatic rings. The lowest BCUT2D eigenvalue weighted by Gasteiger charge is -2.26. The lowest BCUT2D eigenvalue weighted by atomic mass is 9.98. The molecule has 1 unspecified atom stereocenters. The van der Waals surface area contributed by atoms with E-state index in [0.29, 0.717) is 19.6 Å². The van der Waals surface area contributed by atoms with Crippen molar-refractivity contribution in [3.8, 4) is 0 Å². The highest BCUT2D eigenvalue weighted by Crippen LogP contribution is 2.21. The van der Waals surface area contributed by atoms with Gasteiger partial charge in [-0.3, -0.25) is 4.79 Å². The maximum absolute atomic E-state index is 11.6. The minimum atomic E-state index is -0.164. The van der Waals surface area contributed by atoms with E-state index in [4.69, 9.17) is 15.2 Å². The van der Waals surface area contributed by atoms with Crippen LogP contribution in [0, 0.1) is 0 Å². The molecular formula is C13H17NO3. The van der Waals surface area contributed by atoms with Gasteiger partial charge in [-0.15, -0.1) is 0 Å². The number of nitrogens with two attached hydrogens (primary N) is 1. The van der Waals surface area contributed by atoms with E-state index in [1.165, 1.54) is 0 Å². The molecule has 2 N–H and O–H groups in total. The highest BCUT2D eigenvalue weighted by Gasteiger charge is 2.23. The Labute approximate surface area is 101 Å². The maximum atomic E-state index is 11.6. The van der Waals surface area contributed by atoms with Crippen molar-refractivity contribution in [2.75, 3.05) is 18.9 Å². The molecule has 2 rings (SSSR count). The average molecular weight is 235 g/mol. The second-order valence-electron chi connectivity index (χ2n) is 4.42. The van der Waals surface area contributed by atoms with Crippen LogP contribution in [0.4, 0.5) is 5.69 Å². The van der Waals surface area contributed by atoms with Crippen molar-refractivity contribution in [2.45, 2.75) is 25.4 Å². The van der Waals surface area contributed by atoms with Crippen molar-refractivity contribution in [1.82, 2.24) is 0 Å². The standard InChI is InChI=1S/C13H17NO3/c1-9(10-2-4-11(14)5-3-10)6-13(15)17-12-7-16-8-12/h2-5,9,12H,6-8,14H2,1H3. The Kier molecular flexibility index (Phi) is 3.64. The summed E-state index contributed by atoms with van der Waals surface area (Å²) >= 11 is 0. The Hall–Kier alpha value is -1.55. The summed E-state index contributed by atoms with van der Waals surface area (Å²) in [6.45, 7) is 3.06. The van der Waals surface area contributed by atoms with Crippen LogP contribution >= 0.6 is 0 Å². The van der Waals surface area contributed by atoms with Crippen molar-refractivity contribution < 1.29 is 14.3 Å². The van der Waals surface area contributed by atoms with E-state index in [1.807, 2.05) is 31.2 Å². The molecule has 1 atom stereocenters. The van der Waals surface area contributed by atoms with Gasteiger partial charge in [0.15, 0.2) is 0 Å². The number of carbonyl (C=O) groups excluding carboxylic acids is 1. The summed E-state index contributed by atoms with van der Waals surface area (Å²) in [5.41, 5.74) is 7.44. The van der Waals surface area contributed by atoms with E-state index >= 15 is 0 Å². The van der Waals surface area contributed by atoms with E-state index in [9.17, 15) is 4.79 Å². The topological polar surface area (TPSA) is 61.5 Å². The summed E-state index contributed by atoms with van der Waals surface area (Å²) in [7, 11) is 0. The number of nitrogen functional groups attached to an aromatic ring is 1. The molecule has 1 aromatic rings. The van der Waals surface area contributed by atoms with Gasteiger partial charge < -0.3 is 15.2 Å². The first-order valence-corrected chi connectivity index (χ1v) is 5.78. The molecule has 0 bridgehead atoms. The van der Waals surface area contributed by atoms with Crippen LogP contribution in [-0.4, -0.2) is 25.3 Å². The van der Waals surface area contributed by atoms with Crippen molar-refractivity contribution in [2.24, 2.45) is 0 Å². The molecule has 1 heterocycles. The molecule has 0 saturated carbocycles. The van der Waals surface area contributed by atoms with Crippen molar-refractivity contribution in [3.05, 3.63) is 29.8 Å². The van der Waals surface area contributed by atoms with Gasteiger partial charge in [-0.05, 0) is 23.6 Å². The predicted octanol–water partition coefficient (Wildman–Crippen LogP) is 1.70. The third kappa shape index (κ3) is 3.20. The van der Waals surface area contributed by atoms with Gasteiger partial charge in [0.05, 0.1) is 19.6 Å². The van der Waals surface area contributed by atoms with Crippen LogP contribution in [0.3, 0.4) is 0 Å². The van der Waals surface area contributed by atoms with Crippen LogP contribution in [0.25, 0.3) is 0 Å². The normalized spacial score (nSPS) is 17.2. The van der Waals surface area contributed by atoms with E-state index in [1.54, 1.807) is 0 Å². The van der Waals surface area contributed by atoms with Crippen LogP contribution in [0.5, 0.6) is 0 Å². The van der Waals surface area contributed by atoms with Gasteiger partial charge in [0.2, 0.25) is 0 Å². The van der Waals surface area contributed by atoms with Gasteiger partial charge in [0.25, 0.3) is 0 Å². The highest BCUT2D eigenvalue weighted by atomic mass is 16.6. The molecule has 0 aromatic heterocycles. The van der Waals surface area contributed by atoms with E-state index in [-0.39, 0.29) is 18.0 Å². The van der Waals surface area contributed by atoms with Gasteiger partial charge in [0, 0.05) is 5.69 Å². The van der Waals surface area contributed by atoms with Crippen LogP contribution < -0.4 is 5.73 Å². The van der Waals surface area contributed by atoms with Crippen LogP contribution in [0.1, 0.15) is 24.8 Å². The van der Waals surface area contributed by atoms with Gasteiger partial charge >= 0.3 is 5.97 Å². The summed E-state index contributed by atoms with van der Waals surface area (Å²) < 4.78 is 10.2. The van der Waals surface area contributed by atoms with Gasteiger partial charge in [0.1, 0.15) is 6.10 Å². The van der Waals surface area contributed by atoms with Crippen molar-refractivity contribution in [1.29, 1.82) is 0 Å². The number of hydrogen-bond acceptors (Lipinski definition) is 4. The van der Waals surface area contributed by atoms with Crippen molar-refractivity contribution >= 4 is 11.7 Å². The summed E-state index contributed by atoms with van der Waals surface area (Å²) in [6, 6.07) is 7.58. The second-order valence-corrected chi connectivity index (χ2v) is 4.42. The number of rotatable bonds is 4. The zero-order valence-electron chi connectivity index (χ0n) is 9.89. The summed E-state index contributed by atoms with van der Waals surface area (Å²) in [4.78, 5) is 11.6. The maximum Gasteiger partial charge on any atom is 0.306 e. The van der Waals surface area contributed by atoms with Crippen molar-refractivity contribution in [3.63, 3.8) is 0 Å². The first-order valence-electron chi connectivity index (χ1n) is 5.78. The number of benzene rings is 1. The molecule has 1 saturated heterocycles. The molecule has 0 spiro atoms. The quantitative estimate of drug-likeness (QED) is 0.637. The Morgan fingerprint density at radius 3 is 2.65 bits per heavy atom. The third-order valence-corrected chi connectivity index (χ3v) is 2.88. The Morgan fingerprint density at radius 2 is 2.12 bits per heavy atom. The Balaban J connectivity index is 1.84. The first kappa shape index (κ1) is 11.9. The lowest BCUT2D eigenvalue weighted by molar-refractivity contribution is -0.172. The lowest BCUT2D eigenvalue weighted by Crippen LogP contribution is -2.37. The number of ether oxygens (including phenoxy) is 2. The van der Waals surface area contributed by atoms with Crippen LogP contribution in [-0.2, 0) is 14.3 Å². The van der Waals surface area contributed by atoms with Gasteiger partial charge in [-0.1, -0.05) is 19.1 Å². The fourth-order valence-electron chi connectivity index (χ4n) is 1.71. The molecule has 1 fully saturated rings. The zero-order chi connectivity index (χ0) is 12.3. The molecule has 4 nitrogen and oxygen atoms in total. The second kappa shape index (κ2) is 5.19. The monoisotopic (exact) mass is 235 g/mol. The smallest absolute Gasteiger partial charge is 0.306 e. The molecule has 0 aliphatic carbocycles. The minimum absolute atomic E-state index is 0.0406. The van der Waals surface area contributed by atoms with E-state index in [2.05, 4.69) is 0 Å². The summed E-state index contributed by atoms with van der Waals surface area (Å²) in [5.74, 6) is -0.0216. The van der Waals surface area contributed by atoms with E-state index in [0.717, 1.165) is 11.3 Å². The molecule has 1 aliphatic heterocycles. The van der Waals surface area contributed by atoms with E-state index < -0.39 is 0 Å². The Morgan fingerprint density at radius 1 is 1.47 bits per heavy atom. The molecule has 17 heavy (non-hydrogen) atoms. The third-order valence-electron chi connectivity index (χ3n) is 2.88. The first-order chi connectivity index (χ1) is 8.15.